The molecule has 5 rings (SSSR count). The van der Waals surface area contributed by atoms with Gasteiger partial charge in [0.25, 0.3) is 0 Å². The van der Waals surface area contributed by atoms with Crippen LogP contribution in [-0.2, 0) is 4.79 Å². The standard InChI is InChI=1S/C20H25FN2O2S/c1-12(26-17-5-3-2-4-16(17)21)18(24)22-19(25)23-20-9-13-6-14(10-20)8-15(7-13)11-20/h2-5,12-15H,6-11H2,1H3,(H2,22,23,24,25)/t12-,13?,14?,15?,20?/m0/s1. The number of carbonyl (C=O) groups excluding carboxylic acids is 2. The van der Waals surface area contributed by atoms with Gasteiger partial charge in [0.1, 0.15) is 5.82 Å². The van der Waals surface area contributed by atoms with Crippen LogP contribution >= 0.6 is 11.8 Å². The molecule has 0 radical (unpaired) electrons. The molecule has 140 valence electrons. The fourth-order valence-electron chi connectivity index (χ4n) is 5.53. The minimum Gasteiger partial charge on any atom is -0.332 e. The van der Waals surface area contributed by atoms with Crippen LogP contribution in [0.25, 0.3) is 0 Å². The third kappa shape index (κ3) is 3.61. The van der Waals surface area contributed by atoms with E-state index < -0.39 is 11.3 Å². The molecule has 26 heavy (non-hydrogen) atoms. The summed E-state index contributed by atoms with van der Waals surface area (Å²) >= 11 is 1.12. The van der Waals surface area contributed by atoms with Crippen LogP contribution in [-0.4, -0.2) is 22.7 Å². The van der Waals surface area contributed by atoms with Crippen molar-refractivity contribution in [1.29, 1.82) is 0 Å². The highest BCUT2D eigenvalue weighted by Gasteiger charge is 2.51. The molecule has 0 aromatic heterocycles. The molecule has 4 fully saturated rings. The van der Waals surface area contributed by atoms with E-state index in [2.05, 4.69) is 10.6 Å². The van der Waals surface area contributed by atoms with E-state index >= 15 is 0 Å². The Morgan fingerprint density at radius 2 is 1.69 bits per heavy atom. The van der Waals surface area contributed by atoms with Crippen LogP contribution in [0.5, 0.6) is 0 Å². The van der Waals surface area contributed by atoms with Crippen molar-refractivity contribution in [1.82, 2.24) is 10.6 Å². The van der Waals surface area contributed by atoms with Crippen molar-refractivity contribution in [3.63, 3.8) is 0 Å². The largest absolute Gasteiger partial charge is 0.332 e. The first-order chi connectivity index (χ1) is 12.4. The van der Waals surface area contributed by atoms with Crippen molar-refractivity contribution in [2.75, 3.05) is 0 Å². The maximum Gasteiger partial charge on any atom is 0.321 e. The van der Waals surface area contributed by atoms with E-state index in [1.807, 2.05) is 0 Å². The topological polar surface area (TPSA) is 58.2 Å². The highest BCUT2D eigenvalue weighted by Crippen LogP contribution is 2.55. The molecule has 4 saturated carbocycles. The van der Waals surface area contributed by atoms with E-state index in [1.54, 1.807) is 25.1 Å². The van der Waals surface area contributed by atoms with Gasteiger partial charge in [0.05, 0.1) is 5.25 Å². The van der Waals surface area contributed by atoms with Crippen molar-refractivity contribution < 1.29 is 14.0 Å². The van der Waals surface area contributed by atoms with E-state index in [9.17, 15) is 14.0 Å². The molecule has 0 unspecified atom stereocenters. The van der Waals surface area contributed by atoms with Gasteiger partial charge in [-0.05, 0) is 75.3 Å². The number of thioether (sulfide) groups is 1. The van der Waals surface area contributed by atoms with Crippen LogP contribution in [0, 0.1) is 23.6 Å². The van der Waals surface area contributed by atoms with Crippen LogP contribution in [0.4, 0.5) is 9.18 Å². The van der Waals surface area contributed by atoms with E-state index in [1.165, 1.54) is 25.3 Å². The molecule has 6 heteroatoms. The summed E-state index contributed by atoms with van der Waals surface area (Å²) in [5.41, 5.74) is -0.124. The first kappa shape index (κ1) is 17.8. The monoisotopic (exact) mass is 376 g/mol. The number of carbonyl (C=O) groups is 2. The zero-order chi connectivity index (χ0) is 18.3. The second-order valence-corrected chi connectivity index (χ2v) is 9.71. The predicted octanol–water partition coefficient (Wildman–Crippen LogP) is 4.10. The SMILES string of the molecule is C[C@H](Sc1ccccc1F)C(=O)NC(=O)NC12CC3CC(CC(C3)C1)C2. The van der Waals surface area contributed by atoms with Gasteiger partial charge in [-0.2, -0.15) is 0 Å². The minimum atomic E-state index is -0.547. The first-order valence-corrected chi connectivity index (χ1v) is 10.3. The van der Waals surface area contributed by atoms with E-state index in [0.717, 1.165) is 48.8 Å². The van der Waals surface area contributed by atoms with Gasteiger partial charge in [-0.25, -0.2) is 9.18 Å². The third-order valence-electron chi connectivity index (χ3n) is 6.16. The van der Waals surface area contributed by atoms with Crippen LogP contribution in [0.1, 0.15) is 45.4 Å². The Morgan fingerprint density at radius 3 is 2.27 bits per heavy atom. The number of urea groups is 1. The second-order valence-electron chi connectivity index (χ2n) is 8.33. The lowest BCUT2D eigenvalue weighted by atomic mass is 9.53. The summed E-state index contributed by atoms with van der Waals surface area (Å²) in [7, 11) is 0. The van der Waals surface area contributed by atoms with Crippen LogP contribution in [0.2, 0.25) is 0 Å². The number of hydrogen-bond donors (Lipinski definition) is 2. The number of rotatable bonds is 4. The number of amides is 3. The summed E-state index contributed by atoms with van der Waals surface area (Å²) < 4.78 is 13.7. The molecule has 2 N–H and O–H groups in total. The first-order valence-electron chi connectivity index (χ1n) is 9.47. The Hall–Kier alpha value is -1.56. The average Bonchev–Trinajstić information content (AvgIpc) is 2.54. The molecule has 0 spiro atoms. The summed E-state index contributed by atoms with van der Waals surface area (Å²) in [5.74, 6) is 1.45. The summed E-state index contributed by atoms with van der Waals surface area (Å²) in [4.78, 5) is 25.2. The normalized spacial score (nSPS) is 32.9. The summed E-state index contributed by atoms with van der Waals surface area (Å²) in [6.45, 7) is 1.68. The molecular formula is C20H25FN2O2S. The van der Waals surface area contributed by atoms with Gasteiger partial charge in [-0.1, -0.05) is 12.1 Å². The number of nitrogens with one attached hydrogen (secondary N) is 2. The highest BCUT2D eigenvalue weighted by atomic mass is 32.2. The lowest BCUT2D eigenvalue weighted by Crippen LogP contribution is -2.62. The Morgan fingerprint density at radius 1 is 1.12 bits per heavy atom. The van der Waals surface area contributed by atoms with Crippen molar-refractivity contribution in [3.05, 3.63) is 30.1 Å². The van der Waals surface area contributed by atoms with Gasteiger partial charge in [0, 0.05) is 10.4 Å². The summed E-state index contributed by atoms with van der Waals surface area (Å²) in [5, 5.41) is 5.05. The van der Waals surface area contributed by atoms with Crippen molar-refractivity contribution >= 4 is 23.7 Å². The Bertz CT molecular complexity index is 688. The van der Waals surface area contributed by atoms with Gasteiger partial charge >= 0.3 is 6.03 Å². The van der Waals surface area contributed by atoms with Crippen molar-refractivity contribution in [2.24, 2.45) is 17.8 Å². The maximum absolute atomic E-state index is 13.7. The third-order valence-corrected chi connectivity index (χ3v) is 7.32. The number of benzene rings is 1. The van der Waals surface area contributed by atoms with E-state index in [0.29, 0.717) is 4.90 Å². The lowest BCUT2D eigenvalue weighted by Gasteiger charge is -2.56. The van der Waals surface area contributed by atoms with E-state index in [4.69, 9.17) is 0 Å². The highest BCUT2D eigenvalue weighted by molar-refractivity contribution is 8.00. The van der Waals surface area contributed by atoms with Crippen molar-refractivity contribution in [3.8, 4) is 0 Å². The molecule has 0 saturated heterocycles. The van der Waals surface area contributed by atoms with Gasteiger partial charge in [0.2, 0.25) is 5.91 Å². The zero-order valence-electron chi connectivity index (χ0n) is 15.0. The maximum atomic E-state index is 13.7. The lowest BCUT2D eigenvalue weighted by molar-refractivity contribution is -0.119. The molecule has 1 aromatic rings. The Balaban J connectivity index is 1.33. The van der Waals surface area contributed by atoms with Gasteiger partial charge in [0.15, 0.2) is 0 Å². The fraction of sp³-hybridized carbons (Fsp3) is 0.600. The predicted molar refractivity (Wildman–Crippen MR) is 99.3 cm³/mol. The number of imide groups is 1. The molecule has 3 amide bonds. The molecule has 0 aliphatic heterocycles. The van der Waals surface area contributed by atoms with Crippen LogP contribution in [0.15, 0.2) is 29.2 Å². The smallest absolute Gasteiger partial charge is 0.321 e. The number of hydrogen-bond acceptors (Lipinski definition) is 3. The summed E-state index contributed by atoms with van der Waals surface area (Å²) in [6, 6.07) is 5.95. The quantitative estimate of drug-likeness (QED) is 0.778. The molecule has 4 aliphatic rings. The molecule has 0 heterocycles. The molecular weight excluding hydrogens is 351 g/mol. The minimum absolute atomic E-state index is 0.124. The second kappa shape index (κ2) is 6.87. The van der Waals surface area contributed by atoms with E-state index in [-0.39, 0.29) is 17.3 Å². The zero-order valence-corrected chi connectivity index (χ0v) is 15.8. The molecule has 4 nitrogen and oxygen atoms in total. The molecule has 4 bridgehead atoms. The average molecular weight is 376 g/mol. The Kier molecular flexibility index (Phi) is 4.71. The van der Waals surface area contributed by atoms with Crippen molar-refractivity contribution in [2.45, 2.75) is 61.1 Å². The molecule has 1 aromatic carbocycles. The van der Waals surface area contributed by atoms with Gasteiger partial charge in [-0.3, -0.25) is 10.1 Å². The van der Waals surface area contributed by atoms with Gasteiger partial charge in [-0.15, -0.1) is 11.8 Å². The Labute approximate surface area is 157 Å². The fourth-order valence-corrected chi connectivity index (χ4v) is 6.42. The van der Waals surface area contributed by atoms with Crippen LogP contribution in [0.3, 0.4) is 0 Å². The molecule has 4 aliphatic carbocycles. The molecule has 1 atom stereocenters. The van der Waals surface area contributed by atoms with Gasteiger partial charge < -0.3 is 5.32 Å². The number of halogens is 1. The summed E-state index contributed by atoms with van der Waals surface area (Å²) in [6.07, 6.45) is 7.04. The van der Waals surface area contributed by atoms with Crippen LogP contribution < -0.4 is 10.6 Å².